The van der Waals surface area contributed by atoms with Gasteiger partial charge in [0, 0.05) is 61.1 Å². The second kappa shape index (κ2) is 20.7. The zero-order valence-corrected chi connectivity index (χ0v) is 39.8. The van der Waals surface area contributed by atoms with Gasteiger partial charge < -0.3 is 33.2 Å². The molecule has 346 valence electrons. The van der Waals surface area contributed by atoms with Gasteiger partial charge in [0.1, 0.15) is 47.7 Å². The van der Waals surface area contributed by atoms with Crippen molar-refractivity contribution in [3.05, 3.63) is 217 Å². The lowest BCUT2D eigenvalue weighted by Crippen LogP contribution is -2.11. The first-order valence-corrected chi connectivity index (χ1v) is 23.9. The number of hydrogen-bond acceptors (Lipinski definition) is 9. The zero-order valence-electron chi connectivity index (χ0n) is 39.0. The van der Waals surface area contributed by atoms with Crippen LogP contribution in [0.25, 0.3) is 0 Å². The van der Waals surface area contributed by atoms with E-state index in [4.69, 9.17) is 33.2 Å². The average Bonchev–Trinajstić information content (AvgIpc) is 3.35. The van der Waals surface area contributed by atoms with Gasteiger partial charge in [-0.3, -0.25) is 0 Å². The van der Waals surface area contributed by atoms with Gasteiger partial charge in [0.15, 0.2) is 0 Å². The molecule has 12 bridgehead atoms. The lowest BCUT2D eigenvalue weighted by Gasteiger charge is -2.23. The maximum absolute atomic E-state index is 14.6. The molecule has 1 atom stereocenters. The number of benzene rings is 7. The fraction of sp³-hybridized carbons (Fsp3) is 0.224. The van der Waals surface area contributed by atoms with Gasteiger partial charge >= 0.3 is 5.97 Å². The molecule has 0 fully saturated rings. The normalized spacial score (nSPS) is 13.7. The summed E-state index contributed by atoms with van der Waals surface area (Å²) in [4.78, 5) is 12.9. The molecule has 10 heteroatoms. The summed E-state index contributed by atoms with van der Waals surface area (Å²) >= 11 is 0. The second-order valence-electron chi connectivity index (χ2n) is 16.9. The first kappa shape index (κ1) is 45.8. The Kier molecular flexibility index (Phi) is 14.0. The molecule has 0 aliphatic carbocycles. The second-order valence-corrected chi connectivity index (χ2v) is 18.2. The van der Waals surface area contributed by atoms with Gasteiger partial charge in [-0.15, -0.1) is 0 Å². The largest absolute Gasteiger partial charge is 0.496 e. The minimum atomic E-state index is -1.81. The van der Waals surface area contributed by atoms with Gasteiger partial charge in [-0.05, 0) is 66.8 Å². The first-order valence-electron chi connectivity index (χ1n) is 22.6. The van der Waals surface area contributed by atoms with Gasteiger partial charge in [0.25, 0.3) is 0 Å². The van der Waals surface area contributed by atoms with E-state index < -0.39 is 16.8 Å². The highest BCUT2D eigenvalue weighted by atomic mass is 32.2. The summed E-state index contributed by atoms with van der Waals surface area (Å²) in [5, 5.41) is 1.36. The average molecular weight is 927 g/mol. The summed E-state index contributed by atoms with van der Waals surface area (Å²) in [6.07, 6.45) is 4.34. The van der Waals surface area contributed by atoms with Crippen molar-refractivity contribution in [3.8, 4) is 34.5 Å². The molecule has 0 N–H and O–H groups in total. The molecule has 9 rings (SSSR count). The van der Waals surface area contributed by atoms with E-state index in [2.05, 4.69) is 109 Å². The van der Waals surface area contributed by atoms with E-state index in [-0.39, 0.29) is 13.2 Å². The fourth-order valence-electron chi connectivity index (χ4n) is 9.83. The van der Waals surface area contributed by atoms with E-state index in [9.17, 15) is 9.00 Å². The number of esters is 1. The lowest BCUT2D eigenvalue weighted by atomic mass is 9.91. The Labute approximate surface area is 400 Å². The van der Waals surface area contributed by atoms with Gasteiger partial charge in [-0.2, -0.15) is 0 Å². The van der Waals surface area contributed by atoms with Gasteiger partial charge in [0.2, 0.25) is 0 Å². The fourth-order valence-corrected chi connectivity index (χ4v) is 11.0. The molecule has 7 aromatic carbocycles. The molecule has 0 aromatic heterocycles. The van der Waals surface area contributed by atoms with Gasteiger partial charge in [0.05, 0.1) is 51.2 Å². The first-order chi connectivity index (χ1) is 33.3. The Morgan fingerprint density at radius 3 is 0.926 bits per heavy atom. The molecule has 0 saturated heterocycles. The van der Waals surface area contributed by atoms with Crippen molar-refractivity contribution >= 4 is 16.8 Å². The SMILES string of the molecule is COC(=O)/C=C/S(=O)c1c2cccc1COc1c3cccc1Cc1cccc(c1OC)Cc1cccc(c1OC)Cc1cccc(c1OC2)Cc1cccc(c1OC)Cc1cccc(c1OC)C3. The zero-order chi connectivity index (χ0) is 47.1. The van der Waals surface area contributed by atoms with Crippen LogP contribution in [0.5, 0.6) is 34.5 Å². The van der Waals surface area contributed by atoms with Crippen molar-refractivity contribution in [1.82, 2.24) is 0 Å². The molecular weight excluding hydrogens is 873 g/mol. The summed E-state index contributed by atoms with van der Waals surface area (Å²) in [6, 6.07) is 43.4. The predicted molar refractivity (Wildman–Crippen MR) is 264 cm³/mol. The van der Waals surface area contributed by atoms with E-state index >= 15 is 0 Å². The predicted octanol–water partition coefficient (Wildman–Crippen LogP) is 10.8. The van der Waals surface area contributed by atoms with Crippen LogP contribution < -0.4 is 28.4 Å². The lowest BCUT2D eigenvalue weighted by molar-refractivity contribution is -0.134. The monoisotopic (exact) mass is 926 g/mol. The van der Waals surface area contributed by atoms with Crippen LogP contribution in [0.1, 0.15) is 77.9 Å². The van der Waals surface area contributed by atoms with E-state index in [0.29, 0.717) is 66.0 Å². The molecule has 2 aliphatic rings. The highest BCUT2D eigenvalue weighted by molar-refractivity contribution is 7.88. The van der Waals surface area contributed by atoms with E-state index in [1.807, 2.05) is 18.2 Å². The van der Waals surface area contributed by atoms with Crippen molar-refractivity contribution in [3.63, 3.8) is 0 Å². The van der Waals surface area contributed by atoms with Crippen LogP contribution in [0, 0.1) is 0 Å². The van der Waals surface area contributed by atoms with Crippen LogP contribution in [0.3, 0.4) is 0 Å². The summed E-state index contributed by atoms with van der Waals surface area (Å²) < 4.78 is 58.7. The molecule has 1 unspecified atom stereocenters. The smallest absolute Gasteiger partial charge is 0.331 e. The van der Waals surface area contributed by atoms with Gasteiger partial charge in [-0.1, -0.05) is 127 Å². The minimum absolute atomic E-state index is 0.0735. The van der Waals surface area contributed by atoms with Crippen molar-refractivity contribution in [1.29, 1.82) is 0 Å². The van der Waals surface area contributed by atoms with E-state index in [0.717, 1.165) is 89.8 Å². The third kappa shape index (κ3) is 9.46. The van der Waals surface area contributed by atoms with Crippen LogP contribution >= 0.6 is 0 Å². The number of methoxy groups -OCH3 is 5. The molecular formula is C58H54O9S. The molecule has 0 amide bonds. The summed E-state index contributed by atoms with van der Waals surface area (Å²) in [5.41, 5.74) is 13.2. The molecule has 2 heterocycles. The Bertz CT molecular complexity index is 2730. The molecule has 0 spiro atoms. The third-order valence-corrected chi connectivity index (χ3v) is 14.1. The Balaban J connectivity index is 1.34. The van der Waals surface area contributed by atoms with Crippen molar-refractivity contribution in [2.24, 2.45) is 0 Å². The maximum atomic E-state index is 14.6. The Morgan fingerprint density at radius 1 is 0.412 bits per heavy atom. The van der Waals surface area contributed by atoms with Gasteiger partial charge in [-0.25, -0.2) is 9.00 Å². The molecule has 2 aliphatic heterocycles. The van der Waals surface area contributed by atoms with E-state index in [1.165, 1.54) is 18.6 Å². The van der Waals surface area contributed by atoms with Crippen molar-refractivity contribution < 1.29 is 42.2 Å². The number of para-hydroxylation sites is 6. The Hall–Kier alpha value is -7.30. The third-order valence-electron chi connectivity index (χ3n) is 12.8. The van der Waals surface area contributed by atoms with Crippen molar-refractivity contribution in [2.45, 2.75) is 56.6 Å². The topological polar surface area (TPSA) is 98.8 Å². The number of ether oxygens (including phenoxy) is 7. The molecule has 0 radical (unpaired) electrons. The van der Waals surface area contributed by atoms with E-state index in [1.54, 1.807) is 28.4 Å². The molecule has 0 saturated carbocycles. The highest BCUT2D eigenvalue weighted by Gasteiger charge is 2.24. The van der Waals surface area contributed by atoms with Crippen LogP contribution in [0.4, 0.5) is 0 Å². The van der Waals surface area contributed by atoms with Crippen LogP contribution in [-0.4, -0.2) is 45.7 Å². The number of rotatable bonds is 7. The summed E-state index contributed by atoms with van der Waals surface area (Å²) in [7, 11) is 6.37. The standard InChI is InChI=1S/C58H54O9S/c1-61-51(59)27-28-68(60)58-49-25-12-26-50(58)36-67-57-47-23-11-24-48(57)34-44-20-9-16-40(55(44)65-5)30-39-15-8-19-43(54(39)64-4)33-46-22-10-21-45(56(46)66-35-49)31-41-17-6-13-37(52(41)62-2)29-38-14-7-18-42(32-47)53(38)63-3/h6-28H,29-36H2,1-5H3/b28-27+. The molecule has 7 aromatic rings. The summed E-state index contributed by atoms with van der Waals surface area (Å²) in [6.45, 7) is 0.147. The molecule has 68 heavy (non-hydrogen) atoms. The van der Waals surface area contributed by atoms with Crippen LogP contribution in [0.2, 0.25) is 0 Å². The minimum Gasteiger partial charge on any atom is -0.496 e. The van der Waals surface area contributed by atoms with Crippen LogP contribution in [0.15, 0.2) is 144 Å². The van der Waals surface area contributed by atoms with Crippen molar-refractivity contribution in [2.75, 3.05) is 35.5 Å². The van der Waals surface area contributed by atoms with Crippen LogP contribution in [-0.2, 0) is 72.1 Å². The number of hydrogen-bond donors (Lipinski definition) is 0. The number of fused-ring (bicyclic) bond motifs is 10. The maximum Gasteiger partial charge on any atom is 0.331 e. The molecule has 9 nitrogen and oxygen atoms in total. The highest BCUT2D eigenvalue weighted by Crippen LogP contribution is 2.41. The summed E-state index contributed by atoms with van der Waals surface area (Å²) in [5.74, 6) is 3.95. The number of carbonyl (C=O) groups is 1. The quantitative estimate of drug-likeness (QED) is 0.114. The number of carbonyl (C=O) groups excluding carboxylic acids is 1. The Morgan fingerprint density at radius 2 is 0.662 bits per heavy atom.